The van der Waals surface area contributed by atoms with Gasteiger partial charge in [0.2, 0.25) is 0 Å². The van der Waals surface area contributed by atoms with Gasteiger partial charge in [-0.3, -0.25) is 0 Å². The Balaban J connectivity index is 2.19. The maximum Gasteiger partial charge on any atom is 0.340 e. The van der Waals surface area contributed by atoms with Crippen molar-refractivity contribution in [2.24, 2.45) is 5.92 Å². The third kappa shape index (κ3) is 3.65. The van der Waals surface area contributed by atoms with Crippen molar-refractivity contribution in [3.05, 3.63) is 23.5 Å². The molecule has 0 bridgehead atoms. The highest BCUT2D eigenvalue weighted by atomic mass is 19.1. The number of benzene rings is 1. The minimum Gasteiger partial charge on any atom is -0.465 e. The summed E-state index contributed by atoms with van der Waals surface area (Å²) in [5, 5.41) is 0. The van der Waals surface area contributed by atoms with Crippen LogP contribution in [0.4, 0.5) is 15.8 Å². The van der Waals surface area contributed by atoms with Crippen molar-refractivity contribution in [2.75, 3.05) is 31.3 Å². The van der Waals surface area contributed by atoms with E-state index in [9.17, 15) is 9.18 Å². The lowest BCUT2D eigenvalue weighted by molar-refractivity contribution is 0.0602. The molecule has 0 atom stereocenters. The Kier molecular flexibility index (Phi) is 5.04. The number of ether oxygens (including phenoxy) is 1. The summed E-state index contributed by atoms with van der Waals surface area (Å²) in [4.78, 5) is 13.5. The second kappa shape index (κ2) is 6.78. The van der Waals surface area contributed by atoms with Gasteiger partial charge in [0, 0.05) is 19.3 Å². The van der Waals surface area contributed by atoms with Crippen molar-refractivity contribution in [1.82, 2.24) is 0 Å². The van der Waals surface area contributed by atoms with Crippen LogP contribution in [-0.2, 0) is 4.74 Å². The monoisotopic (exact) mass is 294 g/mol. The lowest BCUT2D eigenvalue weighted by Crippen LogP contribution is -2.28. The summed E-state index contributed by atoms with van der Waals surface area (Å²) in [7, 11) is 3.14. The summed E-state index contributed by atoms with van der Waals surface area (Å²) in [5.41, 5.74) is 6.41. The summed E-state index contributed by atoms with van der Waals surface area (Å²) in [6.45, 7) is 0.793. The quantitative estimate of drug-likeness (QED) is 0.684. The average molecular weight is 294 g/mol. The molecule has 1 aliphatic carbocycles. The van der Waals surface area contributed by atoms with Crippen LogP contribution < -0.4 is 10.6 Å². The largest absolute Gasteiger partial charge is 0.465 e. The summed E-state index contributed by atoms with van der Waals surface area (Å²) < 4.78 is 18.8. The second-order valence-corrected chi connectivity index (χ2v) is 5.77. The molecule has 4 nitrogen and oxygen atoms in total. The van der Waals surface area contributed by atoms with E-state index in [1.165, 1.54) is 51.3 Å². The van der Waals surface area contributed by atoms with E-state index in [0.717, 1.165) is 6.54 Å². The zero-order valence-corrected chi connectivity index (χ0v) is 12.7. The maximum absolute atomic E-state index is 14.1. The van der Waals surface area contributed by atoms with Crippen LogP contribution in [0.3, 0.4) is 0 Å². The smallest absolute Gasteiger partial charge is 0.340 e. The van der Waals surface area contributed by atoms with Gasteiger partial charge in [0.25, 0.3) is 0 Å². The fourth-order valence-electron chi connectivity index (χ4n) is 3.01. The summed E-state index contributed by atoms with van der Waals surface area (Å²) in [6, 6.07) is 2.68. The first-order valence-electron chi connectivity index (χ1n) is 7.41. The van der Waals surface area contributed by atoms with Crippen LogP contribution in [0.5, 0.6) is 0 Å². The summed E-state index contributed by atoms with van der Waals surface area (Å²) in [5.74, 6) is -0.361. The van der Waals surface area contributed by atoms with E-state index in [0.29, 0.717) is 11.6 Å². The molecule has 21 heavy (non-hydrogen) atoms. The van der Waals surface area contributed by atoms with Gasteiger partial charge >= 0.3 is 5.97 Å². The van der Waals surface area contributed by atoms with Gasteiger partial charge in [-0.25, -0.2) is 9.18 Å². The Morgan fingerprint density at radius 1 is 1.38 bits per heavy atom. The number of carbonyl (C=O) groups is 1. The molecule has 1 fully saturated rings. The van der Waals surface area contributed by atoms with Gasteiger partial charge < -0.3 is 15.4 Å². The summed E-state index contributed by atoms with van der Waals surface area (Å²) >= 11 is 0. The predicted molar refractivity (Wildman–Crippen MR) is 82.0 cm³/mol. The molecule has 1 aromatic carbocycles. The molecular formula is C16H23FN2O2. The van der Waals surface area contributed by atoms with Gasteiger partial charge in [-0.15, -0.1) is 0 Å². The third-order valence-electron chi connectivity index (χ3n) is 4.19. The number of anilines is 2. The molecule has 2 rings (SSSR count). The molecular weight excluding hydrogens is 271 g/mol. The van der Waals surface area contributed by atoms with E-state index < -0.39 is 11.8 Å². The molecule has 0 radical (unpaired) electrons. The fraction of sp³-hybridized carbons (Fsp3) is 0.562. The van der Waals surface area contributed by atoms with Crippen LogP contribution in [0, 0.1) is 11.7 Å². The highest BCUT2D eigenvalue weighted by molar-refractivity contribution is 5.96. The van der Waals surface area contributed by atoms with Crippen molar-refractivity contribution in [2.45, 2.75) is 32.1 Å². The van der Waals surface area contributed by atoms with Crippen molar-refractivity contribution < 1.29 is 13.9 Å². The Morgan fingerprint density at radius 2 is 2.05 bits per heavy atom. The van der Waals surface area contributed by atoms with Crippen LogP contribution in [-0.4, -0.2) is 26.7 Å². The average Bonchev–Trinajstić information content (AvgIpc) is 2.47. The number of rotatable bonds is 4. The Morgan fingerprint density at radius 3 is 2.67 bits per heavy atom. The molecule has 0 amide bonds. The SMILES string of the molecule is COC(=O)c1cc(N(C)CC2CCCCC2)c(F)cc1N. The van der Waals surface area contributed by atoms with Gasteiger partial charge in [-0.1, -0.05) is 19.3 Å². The molecule has 0 aliphatic heterocycles. The van der Waals surface area contributed by atoms with E-state index in [4.69, 9.17) is 5.73 Å². The number of halogens is 1. The highest BCUT2D eigenvalue weighted by Gasteiger charge is 2.20. The van der Waals surface area contributed by atoms with Crippen LogP contribution in [0.1, 0.15) is 42.5 Å². The standard InChI is InChI=1S/C16H23FN2O2/c1-19(10-11-6-4-3-5-7-11)15-8-12(16(20)21-2)14(18)9-13(15)17/h8-9,11H,3-7,10,18H2,1-2H3. The molecule has 0 unspecified atom stereocenters. The highest BCUT2D eigenvalue weighted by Crippen LogP contribution is 2.29. The number of carbonyl (C=O) groups excluding carboxylic acids is 1. The molecule has 1 aromatic rings. The van der Waals surface area contributed by atoms with Crippen molar-refractivity contribution >= 4 is 17.3 Å². The number of methoxy groups -OCH3 is 1. The van der Waals surface area contributed by atoms with Gasteiger partial charge in [0.15, 0.2) is 0 Å². The Hall–Kier alpha value is -1.78. The predicted octanol–water partition coefficient (Wildman–Crippen LogP) is 3.21. The zero-order valence-electron chi connectivity index (χ0n) is 12.7. The minimum atomic E-state index is -0.542. The van der Waals surface area contributed by atoms with Gasteiger partial charge in [-0.2, -0.15) is 0 Å². The van der Waals surface area contributed by atoms with E-state index in [1.807, 2.05) is 11.9 Å². The third-order valence-corrected chi connectivity index (χ3v) is 4.19. The zero-order chi connectivity index (χ0) is 15.4. The van der Waals surface area contributed by atoms with Crippen molar-refractivity contribution in [3.63, 3.8) is 0 Å². The minimum absolute atomic E-state index is 0.106. The van der Waals surface area contributed by atoms with E-state index in [1.54, 1.807) is 0 Å². The van der Waals surface area contributed by atoms with Gasteiger partial charge in [-0.05, 0) is 30.9 Å². The number of nitrogens with zero attached hydrogens (tertiary/aromatic N) is 1. The van der Waals surface area contributed by atoms with Gasteiger partial charge in [0.05, 0.1) is 18.4 Å². The van der Waals surface area contributed by atoms with E-state index >= 15 is 0 Å². The van der Waals surface area contributed by atoms with Crippen LogP contribution >= 0.6 is 0 Å². The van der Waals surface area contributed by atoms with Crippen LogP contribution in [0.15, 0.2) is 12.1 Å². The normalized spacial score (nSPS) is 15.8. The molecule has 0 saturated heterocycles. The summed E-state index contributed by atoms with van der Waals surface area (Å²) in [6.07, 6.45) is 6.16. The Labute approximate surface area is 125 Å². The molecule has 2 N–H and O–H groups in total. The molecule has 0 heterocycles. The van der Waals surface area contributed by atoms with Crippen molar-refractivity contribution in [1.29, 1.82) is 0 Å². The molecule has 116 valence electrons. The van der Waals surface area contributed by atoms with Crippen molar-refractivity contribution in [3.8, 4) is 0 Å². The number of hydrogen-bond donors (Lipinski definition) is 1. The molecule has 1 saturated carbocycles. The van der Waals surface area contributed by atoms with Crippen LogP contribution in [0.25, 0.3) is 0 Å². The number of nitrogen functional groups attached to an aromatic ring is 1. The number of esters is 1. The number of hydrogen-bond acceptors (Lipinski definition) is 4. The molecule has 1 aliphatic rings. The van der Waals surface area contributed by atoms with Gasteiger partial charge in [0.1, 0.15) is 5.82 Å². The maximum atomic E-state index is 14.1. The van der Waals surface area contributed by atoms with E-state index in [2.05, 4.69) is 4.74 Å². The Bertz CT molecular complexity index is 513. The van der Waals surface area contributed by atoms with Crippen LogP contribution in [0.2, 0.25) is 0 Å². The molecule has 5 heteroatoms. The first kappa shape index (κ1) is 15.6. The topological polar surface area (TPSA) is 55.6 Å². The van der Waals surface area contributed by atoms with E-state index in [-0.39, 0.29) is 11.3 Å². The second-order valence-electron chi connectivity index (χ2n) is 5.77. The first-order valence-corrected chi connectivity index (χ1v) is 7.41. The first-order chi connectivity index (χ1) is 10.0. The molecule has 0 spiro atoms. The lowest BCUT2D eigenvalue weighted by atomic mass is 9.89. The lowest BCUT2D eigenvalue weighted by Gasteiger charge is -2.29. The molecule has 0 aromatic heterocycles. The number of nitrogens with two attached hydrogens (primary N) is 1. The fourth-order valence-corrected chi connectivity index (χ4v) is 3.01.